The maximum atomic E-state index is 13.7. The first-order valence-electron chi connectivity index (χ1n) is 6.52. The Morgan fingerprint density at radius 3 is 2.60 bits per heavy atom. The van der Waals surface area contributed by atoms with E-state index in [1.54, 1.807) is 0 Å². The van der Waals surface area contributed by atoms with Crippen molar-refractivity contribution < 1.29 is 18.7 Å². The van der Waals surface area contributed by atoms with Crippen LogP contribution in [0.3, 0.4) is 0 Å². The van der Waals surface area contributed by atoms with Crippen molar-refractivity contribution in [3.8, 4) is 0 Å². The van der Waals surface area contributed by atoms with Gasteiger partial charge < -0.3 is 15.4 Å². The number of halogens is 1. The van der Waals surface area contributed by atoms with Gasteiger partial charge in [0.1, 0.15) is 5.82 Å². The predicted molar refractivity (Wildman–Crippen MR) is 72.9 cm³/mol. The SMILES string of the molecule is CC(=O)Nc1ccc(F)c(NC(=O)C2CCOCC2)c1. The van der Waals surface area contributed by atoms with Crippen molar-refractivity contribution in [1.82, 2.24) is 0 Å². The van der Waals surface area contributed by atoms with Gasteiger partial charge in [0.05, 0.1) is 5.69 Å². The molecular weight excluding hydrogens is 263 g/mol. The average molecular weight is 280 g/mol. The Morgan fingerprint density at radius 2 is 1.95 bits per heavy atom. The van der Waals surface area contributed by atoms with Crippen molar-refractivity contribution in [2.24, 2.45) is 5.92 Å². The number of hydrogen-bond acceptors (Lipinski definition) is 3. The summed E-state index contributed by atoms with van der Waals surface area (Å²) in [5, 5.41) is 5.12. The lowest BCUT2D eigenvalue weighted by Gasteiger charge is -2.21. The minimum atomic E-state index is -0.528. The number of carbonyl (C=O) groups is 2. The van der Waals surface area contributed by atoms with E-state index in [0.717, 1.165) is 0 Å². The summed E-state index contributed by atoms with van der Waals surface area (Å²) in [5.74, 6) is -1.16. The maximum absolute atomic E-state index is 13.7. The quantitative estimate of drug-likeness (QED) is 0.891. The number of anilines is 2. The summed E-state index contributed by atoms with van der Waals surface area (Å²) in [6.07, 6.45) is 1.28. The van der Waals surface area contributed by atoms with E-state index in [0.29, 0.717) is 31.7 Å². The molecule has 5 nitrogen and oxygen atoms in total. The molecule has 0 atom stereocenters. The van der Waals surface area contributed by atoms with Crippen LogP contribution < -0.4 is 10.6 Å². The van der Waals surface area contributed by atoms with E-state index in [9.17, 15) is 14.0 Å². The number of carbonyl (C=O) groups excluding carboxylic acids is 2. The lowest BCUT2D eigenvalue weighted by molar-refractivity contribution is -0.122. The number of benzene rings is 1. The highest BCUT2D eigenvalue weighted by Gasteiger charge is 2.22. The monoisotopic (exact) mass is 280 g/mol. The Labute approximate surface area is 116 Å². The molecule has 0 saturated carbocycles. The molecule has 1 fully saturated rings. The molecule has 1 aromatic carbocycles. The molecule has 0 spiro atoms. The second kappa shape index (κ2) is 6.47. The first kappa shape index (κ1) is 14.5. The van der Waals surface area contributed by atoms with Gasteiger partial charge in [0.25, 0.3) is 0 Å². The van der Waals surface area contributed by atoms with Crippen LogP contribution in [0.25, 0.3) is 0 Å². The van der Waals surface area contributed by atoms with Crippen LogP contribution in [-0.4, -0.2) is 25.0 Å². The third kappa shape index (κ3) is 3.77. The van der Waals surface area contributed by atoms with Crippen LogP contribution >= 0.6 is 0 Å². The molecule has 0 aromatic heterocycles. The summed E-state index contributed by atoms with van der Waals surface area (Å²) in [7, 11) is 0. The summed E-state index contributed by atoms with van der Waals surface area (Å²) in [6.45, 7) is 2.46. The van der Waals surface area contributed by atoms with Gasteiger partial charge in [0.15, 0.2) is 0 Å². The smallest absolute Gasteiger partial charge is 0.227 e. The third-order valence-electron chi connectivity index (χ3n) is 3.14. The number of hydrogen-bond donors (Lipinski definition) is 2. The van der Waals surface area contributed by atoms with Gasteiger partial charge in [-0.25, -0.2) is 4.39 Å². The molecule has 2 rings (SSSR count). The number of nitrogens with one attached hydrogen (secondary N) is 2. The van der Waals surface area contributed by atoms with Crippen LogP contribution in [-0.2, 0) is 14.3 Å². The van der Waals surface area contributed by atoms with Crippen molar-refractivity contribution in [1.29, 1.82) is 0 Å². The zero-order valence-corrected chi connectivity index (χ0v) is 11.2. The van der Waals surface area contributed by atoms with Gasteiger partial charge in [0.2, 0.25) is 11.8 Å². The normalized spacial score (nSPS) is 15.7. The first-order valence-corrected chi connectivity index (χ1v) is 6.52. The van der Waals surface area contributed by atoms with Gasteiger partial charge in [-0.15, -0.1) is 0 Å². The lowest BCUT2D eigenvalue weighted by atomic mass is 9.99. The molecule has 2 amide bonds. The van der Waals surface area contributed by atoms with E-state index in [1.165, 1.54) is 25.1 Å². The molecule has 0 radical (unpaired) electrons. The second-order valence-electron chi connectivity index (χ2n) is 4.75. The Kier molecular flexibility index (Phi) is 4.68. The molecule has 1 aliphatic rings. The number of rotatable bonds is 3. The minimum absolute atomic E-state index is 0.0766. The van der Waals surface area contributed by atoms with E-state index >= 15 is 0 Å². The summed E-state index contributed by atoms with van der Waals surface area (Å²) in [5.41, 5.74) is 0.522. The Balaban J connectivity index is 2.07. The van der Waals surface area contributed by atoms with E-state index in [2.05, 4.69) is 10.6 Å². The average Bonchev–Trinajstić information content (AvgIpc) is 2.43. The second-order valence-corrected chi connectivity index (χ2v) is 4.75. The molecule has 1 aliphatic heterocycles. The van der Waals surface area contributed by atoms with Gasteiger partial charge >= 0.3 is 0 Å². The summed E-state index contributed by atoms with van der Waals surface area (Å²) in [6, 6.07) is 4.07. The van der Waals surface area contributed by atoms with E-state index in [1.807, 2.05) is 0 Å². The van der Waals surface area contributed by atoms with Crippen LogP contribution in [0.15, 0.2) is 18.2 Å². The van der Waals surface area contributed by atoms with Crippen molar-refractivity contribution in [2.75, 3.05) is 23.8 Å². The summed E-state index contributed by atoms with van der Waals surface area (Å²) in [4.78, 5) is 23.0. The molecule has 0 unspecified atom stereocenters. The molecule has 6 heteroatoms. The van der Waals surface area contributed by atoms with Crippen molar-refractivity contribution in [2.45, 2.75) is 19.8 Å². The fraction of sp³-hybridized carbons (Fsp3) is 0.429. The highest BCUT2D eigenvalue weighted by atomic mass is 19.1. The zero-order chi connectivity index (χ0) is 14.5. The topological polar surface area (TPSA) is 67.4 Å². The van der Waals surface area contributed by atoms with Gasteiger partial charge in [-0.1, -0.05) is 0 Å². The molecular formula is C14H17FN2O3. The van der Waals surface area contributed by atoms with Gasteiger partial charge in [-0.3, -0.25) is 9.59 Å². The van der Waals surface area contributed by atoms with Crippen LogP contribution in [0, 0.1) is 11.7 Å². The molecule has 0 bridgehead atoms. The predicted octanol–water partition coefficient (Wildman–Crippen LogP) is 2.15. The molecule has 108 valence electrons. The zero-order valence-electron chi connectivity index (χ0n) is 11.2. The number of ether oxygens (including phenoxy) is 1. The lowest BCUT2D eigenvalue weighted by Crippen LogP contribution is -2.28. The first-order chi connectivity index (χ1) is 9.56. The molecule has 1 aromatic rings. The van der Waals surface area contributed by atoms with Crippen molar-refractivity contribution >= 4 is 23.2 Å². The van der Waals surface area contributed by atoms with Crippen LogP contribution in [0.4, 0.5) is 15.8 Å². The Bertz CT molecular complexity index is 513. The summed E-state index contributed by atoms with van der Waals surface area (Å²) >= 11 is 0. The molecule has 1 heterocycles. The van der Waals surface area contributed by atoms with E-state index in [4.69, 9.17) is 4.74 Å². The minimum Gasteiger partial charge on any atom is -0.381 e. The molecule has 2 N–H and O–H groups in total. The summed E-state index contributed by atoms with van der Waals surface area (Å²) < 4.78 is 18.9. The molecule has 1 saturated heterocycles. The number of amides is 2. The standard InChI is InChI=1S/C14H17FN2O3/c1-9(18)16-11-2-3-12(15)13(8-11)17-14(19)10-4-6-20-7-5-10/h2-3,8,10H,4-7H2,1H3,(H,16,18)(H,17,19). The van der Waals surface area contributed by atoms with Crippen molar-refractivity contribution in [3.05, 3.63) is 24.0 Å². The highest BCUT2D eigenvalue weighted by molar-refractivity contribution is 5.94. The Hall–Kier alpha value is -1.95. The fourth-order valence-corrected chi connectivity index (χ4v) is 2.10. The molecule has 0 aliphatic carbocycles. The van der Waals surface area contributed by atoms with Gasteiger partial charge in [-0.2, -0.15) is 0 Å². The third-order valence-corrected chi connectivity index (χ3v) is 3.14. The Morgan fingerprint density at radius 1 is 1.25 bits per heavy atom. The van der Waals surface area contributed by atoms with Gasteiger partial charge in [0, 0.05) is 31.7 Å². The largest absolute Gasteiger partial charge is 0.381 e. The maximum Gasteiger partial charge on any atom is 0.227 e. The van der Waals surface area contributed by atoms with Crippen LogP contribution in [0.2, 0.25) is 0 Å². The van der Waals surface area contributed by atoms with Gasteiger partial charge in [-0.05, 0) is 31.0 Å². The highest BCUT2D eigenvalue weighted by Crippen LogP contribution is 2.22. The van der Waals surface area contributed by atoms with Crippen LogP contribution in [0.1, 0.15) is 19.8 Å². The van der Waals surface area contributed by atoms with E-state index in [-0.39, 0.29) is 23.4 Å². The van der Waals surface area contributed by atoms with Crippen molar-refractivity contribution in [3.63, 3.8) is 0 Å². The van der Waals surface area contributed by atoms with E-state index < -0.39 is 5.82 Å². The fourth-order valence-electron chi connectivity index (χ4n) is 2.10. The van der Waals surface area contributed by atoms with Crippen LogP contribution in [0.5, 0.6) is 0 Å². The molecule has 20 heavy (non-hydrogen) atoms.